The third-order valence-electron chi connectivity index (χ3n) is 5.31. The van der Waals surface area contributed by atoms with Crippen LogP contribution in [0.25, 0.3) is 0 Å². The van der Waals surface area contributed by atoms with E-state index in [2.05, 4.69) is 69.9 Å². The Hall–Kier alpha value is -1.69. The topological polar surface area (TPSA) is 35.6 Å². The van der Waals surface area contributed by atoms with Crippen LogP contribution in [0.5, 0.6) is 0 Å². The molecule has 28 heavy (non-hydrogen) atoms. The Morgan fingerprint density at radius 2 is 1.79 bits per heavy atom. The molecule has 1 aromatic carbocycles. The van der Waals surface area contributed by atoms with Crippen LogP contribution in [0, 0.1) is 0 Å². The van der Waals surface area contributed by atoms with E-state index in [1.54, 1.807) is 11.3 Å². The standard InChI is InChI=1S/C23H33N3OS/c1-20(24-23(27)12-6-5-10-22-11-7-17-28-22)18-25-13-15-26(16-14-25)19-21-8-3-2-4-9-21/h2-4,7-9,11,17,20H,5-6,10,12-16,18-19H2,1H3,(H,24,27)/t20-/m0/s1. The van der Waals surface area contributed by atoms with Gasteiger partial charge >= 0.3 is 0 Å². The highest BCUT2D eigenvalue weighted by molar-refractivity contribution is 7.09. The molecule has 2 aromatic rings. The van der Waals surface area contributed by atoms with Crippen LogP contribution in [-0.2, 0) is 17.8 Å². The number of benzene rings is 1. The molecule has 3 rings (SSSR count). The molecule has 1 N–H and O–H groups in total. The third-order valence-corrected chi connectivity index (χ3v) is 6.25. The van der Waals surface area contributed by atoms with Crippen molar-refractivity contribution in [1.82, 2.24) is 15.1 Å². The molecule has 152 valence electrons. The molecule has 0 radical (unpaired) electrons. The average molecular weight is 400 g/mol. The van der Waals surface area contributed by atoms with Gasteiger partial charge in [-0.05, 0) is 43.2 Å². The molecule has 1 amide bonds. The number of carbonyl (C=O) groups is 1. The zero-order chi connectivity index (χ0) is 19.6. The van der Waals surface area contributed by atoms with Crippen molar-refractivity contribution in [2.75, 3.05) is 32.7 Å². The van der Waals surface area contributed by atoms with Crippen LogP contribution in [0.2, 0.25) is 0 Å². The summed E-state index contributed by atoms with van der Waals surface area (Å²) in [4.78, 5) is 18.6. The first-order chi connectivity index (χ1) is 13.7. The number of hydrogen-bond donors (Lipinski definition) is 1. The number of rotatable bonds is 10. The molecule has 0 unspecified atom stereocenters. The Balaban J connectivity index is 1.26. The lowest BCUT2D eigenvalue weighted by atomic mass is 10.1. The van der Waals surface area contributed by atoms with E-state index in [9.17, 15) is 4.79 Å². The molecular formula is C23H33N3OS. The minimum Gasteiger partial charge on any atom is -0.352 e. The first-order valence-electron chi connectivity index (χ1n) is 10.5. The van der Waals surface area contributed by atoms with Gasteiger partial charge < -0.3 is 5.32 Å². The number of thiophene rings is 1. The van der Waals surface area contributed by atoms with Gasteiger partial charge in [-0.25, -0.2) is 0 Å². The summed E-state index contributed by atoms with van der Waals surface area (Å²) < 4.78 is 0. The first-order valence-corrected chi connectivity index (χ1v) is 11.4. The quantitative estimate of drug-likeness (QED) is 0.618. The average Bonchev–Trinajstić information content (AvgIpc) is 3.21. The van der Waals surface area contributed by atoms with Crippen molar-refractivity contribution < 1.29 is 4.79 Å². The second kappa shape index (κ2) is 11.3. The normalized spacial score (nSPS) is 16.8. The van der Waals surface area contributed by atoms with E-state index in [0.29, 0.717) is 6.42 Å². The molecule has 1 aliphatic rings. The largest absolute Gasteiger partial charge is 0.352 e. The second-order valence-electron chi connectivity index (χ2n) is 7.82. The molecule has 1 aliphatic heterocycles. The summed E-state index contributed by atoms with van der Waals surface area (Å²) in [7, 11) is 0. The molecule has 1 fully saturated rings. The number of aryl methyl sites for hydroxylation is 1. The monoisotopic (exact) mass is 399 g/mol. The molecule has 2 heterocycles. The molecular weight excluding hydrogens is 366 g/mol. The predicted molar refractivity (Wildman–Crippen MR) is 118 cm³/mol. The van der Waals surface area contributed by atoms with Crippen molar-refractivity contribution in [2.24, 2.45) is 0 Å². The number of nitrogens with one attached hydrogen (secondary N) is 1. The second-order valence-corrected chi connectivity index (χ2v) is 8.85. The Morgan fingerprint density at radius 3 is 2.50 bits per heavy atom. The molecule has 1 aromatic heterocycles. The van der Waals surface area contributed by atoms with Gasteiger partial charge in [-0.1, -0.05) is 36.4 Å². The lowest BCUT2D eigenvalue weighted by molar-refractivity contribution is -0.121. The molecule has 1 saturated heterocycles. The highest BCUT2D eigenvalue weighted by atomic mass is 32.1. The SMILES string of the molecule is C[C@@H](CN1CCN(Cc2ccccc2)CC1)NC(=O)CCCCc1cccs1. The van der Waals surface area contributed by atoms with E-state index < -0.39 is 0 Å². The van der Waals surface area contributed by atoms with Gasteiger partial charge in [0.05, 0.1) is 0 Å². The van der Waals surface area contributed by atoms with E-state index >= 15 is 0 Å². The van der Waals surface area contributed by atoms with Crippen molar-refractivity contribution in [3.63, 3.8) is 0 Å². The first kappa shape index (κ1) is 21.0. The van der Waals surface area contributed by atoms with Gasteiger partial charge in [0.15, 0.2) is 0 Å². The summed E-state index contributed by atoms with van der Waals surface area (Å²) in [6, 6.07) is 15.2. The number of unbranched alkanes of at least 4 members (excludes halogenated alkanes) is 1. The van der Waals surface area contributed by atoms with Gasteiger partial charge in [0, 0.05) is 56.6 Å². The van der Waals surface area contributed by atoms with Crippen molar-refractivity contribution in [3.8, 4) is 0 Å². The van der Waals surface area contributed by atoms with Crippen LogP contribution in [0.3, 0.4) is 0 Å². The van der Waals surface area contributed by atoms with E-state index in [-0.39, 0.29) is 11.9 Å². The third kappa shape index (κ3) is 7.38. The lowest BCUT2D eigenvalue weighted by Gasteiger charge is -2.36. The number of piperazine rings is 1. The van der Waals surface area contributed by atoms with Crippen molar-refractivity contribution in [2.45, 2.75) is 45.2 Å². The van der Waals surface area contributed by atoms with E-state index in [1.807, 2.05) is 0 Å². The van der Waals surface area contributed by atoms with Crippen LogP contribution >= 0.6 is 11.3 Å². The predicted octanol–water partition coefficient (Wildman–Crippen LogP) is 3.78. The fourth-order valence-electron chi connectivity index (χ4n) is 3.79. The van der Waals surface area contributed by atoms with Gasteiger partial charge in [-0.15, -0.1) is 11.3 Å². The summed E-state index contributed by atoms with van der Waals surface area (Å²) >= 11 is 1.80. The van der Waals surface area contributed by atoms with Crippen LogP contribution in [0.1, 0.15) is 36.6 Å². The summed E-state index contributed by atoms with van der Waals surface area (Å²) in [6.07, 6.45) is 3.79. The minimum atomic E-state index is 0.196. The minimum absolute atomic E-state index is 0.196. The number of carbonyl (C=O) groups excluding carboxylic acids is 1. The molecule has 1 atom stereocenters. The molecule has 4 nitrogen and oxygen atoms in total. The Bertz CT molecular complexity index is 681. The fraction of sp³-hybridized carbons (Fsp3) is 0.522. The zero-order valence-electron chi connectivity index (χ0n) is 17.0. The van der Waals surface area contributed by atoms with E-state index in [1.165, 1.54) is 10.4 Å². The maximum Gasteiger partial charge on any atom is 0.220 e. The van der Waals surface area contributed by atoms with Gasteiger partial charge in [0.2, 0.25) is 5.91 Å². The summed E-state index contributed by atoms with van der Waals surface area (Å²) in [6.45, 7) is 8.45. The molecule has 0 aliphatic carbocycles. The summed E-state index contributed by atoms with van der Waals surface area (Å²) in [5.74, 6) is 0.196. The lowest BCUT2D eigenvalue weighted by Crippen LogP contribution is -2.50. The molecule has 5 heteroatoms. The van der Waals surface area contributed by atoms with Crippen molar-refractivity contribution >= 4 is 17.2 Å². The molecule has 0 spiro atoms. The van der Waals surface area contributed by atoms with Gasteiger partial charge in [0.25, 0.3) is 0 Å². The summed E-state index contributed by atoms with van der Waals surface area (Å²) in [5.41, 5.74) is 1.38. The Morgan fingerprint density at radius 1 is 1.04 bits per heavy atom. The zero-order valence-corrected chi connectivity index (χ0v) is 17.8. The summed E-state index contributed by atoms with van der Waals surface area (Å²) in [5, 5.41) is 5.30. The smallest absolute Gasteiger partial charge is 0.220 e. The highest BCUT2D eigenvalue weighted by Crippen LogP contribution is 2.13. The fourth-order valence-corrected chi connectivity index (χ4v) is 4.54. The maximum absolute atomic E-state index is 12.2. The highest BCUT2D eigenvalue weighted by Gasteiger charge is 2.19. The van der Waals surface area contributed by atoms with Crippen LogP contribution in [0.4, 0.5) is 0 Å². The van der Waals surface area contributed by atoms with Crippen molar-refractivity contribution in [1.29, 1.82) is 0 Å². The molecule has 0 saturated carbocycles. The number of amides is 1. The van der Waals surface area contributed by atoms with Crippen LogP contribution < -0.4 is 5.32 Å². The van der Waals surface area contributed by atoms with Crippen molar-refractivity contribution in [3.05, 3.63) is 58.3 Å². The van der Waals surface area contributed by atoms with Crippen LogP contribution in [0.15, 0.2) is 47.8 Å². The van der Waals surface area contributed by atoms with E-state index in [4.69, 9.17) is 0 Å². The van der Waals surface area contributed by atoms with Gasteiger partial charge in [0.1, 0.15) is 0 Å². The Labute approximate surface area is 173 Å². The number of nitrogens with zero attached hydrogens (tertiary/aromatic N) is 2. The maximum atomic E-state index is 12.2. The Kier molecular flexibility index (Phi) is 8.52. The van der Waals surface area contributed by atoms with E-state index in [0.717, 1.165) is 58.5 Å². The van der Waals surface area contributed by atoms with Gasteiger partial charge in [-0.3, -0.25) is 14.6 Å². The molecule has 0 bridgehead atoms. The van der Waals surface area contributed by atoms with Crippen LogP contribution in [-0.4, -0.2) is 54.5 Å². The van der Waals surface area contributed by atoms with Gasteiger partial charge in [-0.2, -0.15) is 0 Å². The number of hydrogen-bond acceptors (Lipinski definition) is 4.